The number of hydrogen-bond acceptors (Lipinski definition) is 4. The molecule has 0 heterocycles. The fraction of sp³-hybridized carbons (Fsp3) is 0.600. The fourth-order valence-electron chi connectivity index (χ4n) is 2.63. The van der Waals surface area contributed by atoms with Crippen LogP contribution in [0, 0.1) is 0 Å². The molecular weight excluding hydrogens is 240 g/mol. The number of rotatable bonds is 5. The quantitative estimate of drug-likeness (QED) is 0.858. The molecule has 1 aromatic rings. The minimum absolute atomic E-state index is 0.329. The molecule has 0 radical (unpaired) electrons. The highest BCUT2D eigenvalue weighted by atomic mass is 16.5. The molecule has 0 aromatic heterocycles. The Hall–Kier alpha value is -1.42. The lowest BCUT2D eigenvalue weighted by atomic mass is 9.91. The van der Waals surface area contributed by atoms with E-state index in [2.05, 4.69) is 5.32 Å². The van der Waals surface area contributed by atoms with Crippen LogP contribution in [-0.4, -0.2) is 25.8 Å². The van der Waals surface area contributed by atoms with Gasteiger partial charge >= 0.3 is 0 Å². The van der Waals surface area contributed by atoms with Crippen LogP contribution in [0.25, 0.3) is 0 Å². The van der Waals surface area contributed by atoms with E-state index in [1.165, 1.54) is 12.8 Å². The Balaban J connectivity index is 2.04. The van der Waals surface area contributed by atoms with Gasteiger partial charge in [-0.15, -0.1) is 0 Å². The molecule has 106 valence electrons. The molecule has 1 aliphatic rings. The summed E-state index contributed by atoms with van der Waals surface area (Å²) in [7, 11) is 1.66. The zero-order valence-electron chi connectivity index (χ0n) is 11.8. The van der Waals surface area contributed by atoms with E-state index in [0.717, 1.165) is 30.0 Å². The van der Waals surface area contributed by atoms with E-state index in [9.17, 15) is 0 Å². The Bertz CT molecular complexity index is 409. The number of nitrogens with two attached hydrogens (primary N) is 1. The molecule has 3 N–H and O–H groups in total. The van der Waals surface area contributed by atoms with E-state index >= 15 is 0 Å². The van der Waals surface area contributed by atoms with E-state index in [4.69, 9.17) is 15.2 Å². The second kappa shape index (κ2) is 6.66. The summed E-state index contributed by atoms with van der Waals surface area (Å²) >= 11 is 0. The van der Waals surface area contributed by atoms with Crippen molar-refractivity contribution in [2.45, 2.75) is 44.7 Å². The maximum atomic E-state index is 6.01. The molecule has 0 bridgehead atoms. The zero-order valence-corrected chi connectivity index (χ0v) is 11.8. The van der Waals surface area contributed by atoms with Gasteiger partial charge in [-0.2, -0.15) is 0 Å². The van der Waals surface area contributed by atoms with Gasteiger partial charge in [-0.05, 0) is 44.7 Å². The maximum Gasteiger partial charge on any atom is 0.162 e. The summed E-state index contributed by atoms with van der Waals surface area (Å²) in [5.41, 5.74) is 7.08. The lowest BCUT2D eigenvalue weighted by Gasteiger charge is -2.28. The number of anilines is 1. The summed E-state index contributed by atoms with van der Waals surface area (Å²) in [5.74, 6) is 1.56. The van der Waals surface area contributed by atoms with Crippen molar-refractivity contribution in [2.75, 3.05) is 19.0 Å². The zero-order chi connectivity index (χ0) is 13.7. The van der Waals surface area contributed by atoms with Gasteiger partial charge < -0.3 is 20.5 Å². The lowest BCUT2D eigenvalue weighted by molar-refractivity contribution is 0.311. The molecule has 2 atom stereocenters. The van der Waals surface area contributed by atoms with Gasteiger partial charge in [-0.1, -0.05) is 0 Å². The van der Waals surface area contributed by atoms with Gasteiger partial charge in [0.1, 0.15) is 0 Å². The molecule has 0 saturated heterocycles. The third-order valence-electron chi connectivity index (χ3n) is 3.55. The van der Waals surface area contributed by atoms with E-state index in [-0.39, 0.29) is 0 Å². The molecule has 4 nitrogen and oxygen atoms in total. The SMILES string of the molecule is CCOc1ccc(NC2CCCC(N)C2)cc1OC. The van der Waals surface area contributed by atoms with Crippen LogP contribution >= 0.6 is 0 Å². The van der Waals surface area contributed by atoms with Gasteiger partial charge in [0.2, 0.25) is 0 Å². The Morgan fingerprint density at radius 3 is 2.84 bits per heavy atom. The number of hydrogen-bond donors (Lipinski definition) is 2. The van der Waals surface area contributed by atoms with Crippen LogP contribution in [0.5, 0.6) is 11.5 Å². The van der Waals surface area contributed by atoms with Crippen LogP contribution < -0.4 is 20.5 Å². The Labute approximate surface area is 115 Å². The Morgan fingerprint density at radius 1 is 1.32 bits per heavy atom. The third-order valence-corrected chi connectivity index (χ3v) is 3.55. The van der Waals surface area contributed by atoms with Crippen molar-refractivity contribution in [1.82, 2.24) is 0 Å². The van der Waals surface area contributed by atoms with Crippen LogP contribution in [0.2, 0.25) is 0 Å². The third kappa shape index (κ3) is 3.77. The van der Waals surface area contributed by atoms with E-state index in [0.29, 0.717) is 18.7 Å². The first-order valence-corrected chi connectivity index (χ1v) is 7.06. The lowest BCUT2D eigenvalue weighted by Crippen LogP contribution is -2.34. The van der Waals surface area contributed by atoms with Gasteiger partial charge in [-0.25, -0.2) is 0 Å². The molecule has 0 amide bonds. The van der Waals surface area contributed by atoms with Gasteiger partial charge in [0.25, 0.3) is 0 Å². The first kappa shape index (κ1) is 14.0. The second-order valence-corrected chi connectivity index (χ2v) is 5.07. The van der Waals surface area contributed by atoms with E-state index < -0.39 is 0 Å². The Morgan fingerprint density at radius 2 is 2.16 bits per heavy atom. The van der Waals surface area contributed by atoms with Gasteiger partial charge in [-0.3, -0.25) is 0 Å². The van der Waals surface area contributed by atoms with Crippen LogP contribution in [0.4, 0.5) is 5.69 Å². The molecule has 0 aliphatic heterocycles. The summed E-state index contributed by atoms with van der Waals surface area (Å²) in [6.07, 6.45) is 4.57. The second-order valence-electron chi connectivity index (χ2n) is 5.07. The predicted octanol–water partition coefficient (Wildman–Crippen LogP) is 2.78. The predicted molar refractivity (Wildman–Crippen MR) is 78.0 cm³/mol. The van der Waals surface area contributed by atoms with Crippen molar-refractivity contribution in [1.29, 1.82) is 0 Å². The molecular formula is C15H24N2O2. The molecule has 1 fully saturated rings. The molecule has 19 heavy (non-hydrogen) atoms. The molecule has 2 rings (SSSR count). The monoisotopic (exact) mass is 264 g/mol. The Kier molecular flexibility index (Phi) is 4.91. The van der Waals surface area contributed by atoms with Crippen molar-refractivity contribution in [3.63, 3.8) is 0 Å². The van der Waals surface area contributed by atoms with E-state index in [1.54, 1.807) is 7.11 Å². The normalized spacial score (nSPS) is 22.9. The summed E-state index contributed by atoms with van der Waals surface area (Å²) in [5, 5.41) is 3.54. The largest absolute Gasteiger partial charge is 0.493 e. The van der Waals surface area contributed by atoms with Gasteiger partial charge in [0.15, 0.2) is 11.5 Å². The minimum atomic E-state index is 0.329. The fourth-order valence-corrected chi connectivity index (χ4v) is 2.63. The summed E-state index contributed by atoms with van der Waals surface area (Å²) in [6.45, 7) is 2.61. The molecule has 4 heteroatoms. The highest BCUT2D eigenvalue weighted by molar-refractivity contribution is 5.55. The average Bonchev–Trinajstić information content (AvgIpc) is 2.41. The molecule has 1 saturated carbocycles. The summed E-state index contributed by atoms with van der Waals surface area (Å²) in [6, 6.07) is 6.77. The van der Waals surface area contributed by atoms with Crippen LogP contribution in [0.15, 0.2) is 18.2 Å². The van der Waals surface area contributed by atoms with Gasteiger partial charge in [0.05, 0.1) is 13.7 Å². The van der Waals surface area contributed by atoms with Crippen LogP contribution in [0.3, 0.4) is 0 Å². The van der Waals surface area contributed by atoms with Crippen LogP contribution in [0.1, 0.15) is 32.6 Å². The van der Waals surface area contributed by atoms with Crippen molar-refractivity contribution in [2.24, 2.45) is 5.73 Å². The van der Waals surface area contributed by atoms with Crippen molar-refractivity contribution in [3.05, 3.63) is 18.2 Å². The topological polar surface area (TPSA) is 56.5 Å². The molecule has 1 aromatic carbocycles. The number of benzene rings is 1. The molecule has 1 aliphatic carbocycles. The minimum Gasteiger partial charge on any atom is -0.493 e. The first-order valence-electron chi connectivity index (χ1n) is 7.06. The summed E-state index contributed by atoms with van der Waals surface area (Å²) in [4.78, 5) is 0. The highest BCUT2D eigenvalue weighted by Crippen LogP contribution is 2.31. The number of ether oxygens (including phenoxy) is 2. The molecule has 2 unspecified atom stereocenters. The molecule has 0 spiro atoms. The maximum absolute atomic E-state index is 6.01. The van der Waals surface area contributed by atoms with Crippen molar-refractivity contribution < 1.29 is 9.47 Å². The highest BCUT2D eigenvalue weighted by Gasteiger charge is 2.19. The smallest absolute Gasteiger partial charge is 0.162 e. The number of nitrogens with one attached hydrogen (secondary N) is 1. The standard InChI is InChI=1S/C15H24N2O2/c1-3-19-14-8-7-13(10-15(14)18-2)17-12-6-4-5-11(16)9-12/h7-8,10-12,17H,3-6,9,16H2,1-2H3. The number of methoxy groups -OCH3 is 1. The summed E-state index contributed by atoms with van der Waals surface area (Å²) < 4.78 is 10.9. The van der Waals surface area contributed by atoms with Crippen LogP contribution in [-0.2, 0) is 0 Å². The van der Waals surface area contributed by atoms with Crippen molar-refractivity contribution >= 4 is 5.69 Å². The van der Waals surface area contributed by atoms with Crippen molar-refractivity contribution in [3.8, 4) is 11.5 Å². The van der Waals surface area contributed by atoms with Gasteiger partial charge in [0, 0.05) is 23.8 Å². The average molecular weight is 264 g/mol. The van der Waals surface area contributed by atoms with E-state index in [1.807, 2.05) is 25.1 Å². The first-order chi connectivity index (χ1) is 9.22.